The number of fused-ring (bicyclic) bond motifs is 1. The highest BCUT2D eigenvalue weighted by atomic mass is 16.2. The lowest BCUT2D eigenvalue weighted by atomic mass is 10.1. The number of amides is 1. The van der Waals surface area contributed by atoms with Crippen molar-refractivity contribution in [3.8, 4) is 0 Å². The summed E-state index contributed by atoms with van der Waals surface area (Å²) in [4.78, 5) is 29.2. The normalized spacial score (nSPS) is 15.7. The third kappa shape index (κ3) is 4.46. The first-order valence-electron chi connectivity index (χ1n) is 9.37. The summed E-state index contributed by atoms with van der Waals surface area (Å²) in [5.41, 5.74) is 0.388. The maximum absolute atomic E-state index is 12.5. The number of hydrogen-bond acceptors (Lipinski definition) is 5. The van der Waals surface area contributed by atoms with Crippen LogP contribution in [0.15, 0.2) is 29.1 Å². The summed E-state index contributed by atoms with van der Waals surface area (Å²) in [6, 6.07) is 7.13. The molecule has 2 aromatic rings. The molecule has 1 aromatic carbocycles. The Morgan fingerprint density at radius 1 is 1.12 bits per heavy atom. The van der Waals surface area contributed by atoms with Gasteiger partial charge in [-0.25, -0.2) is 4.68 Å². The van der Waals surface area contributed by atoms with Crippen molar-refractivity contribution in [1.82, 2.24) is 24.8 Å². The van der Waals surface area contributed by atoms with Crippen LogP contribution < -0.4 is 5.56 Å². The van der Waals surface area contributed by atoms with Crippen molar-refractivity contribution in [3.63, 3.8) is 0 Å². The molecule has 0 aliphatic carbocycles. The van der Waals surface area contributed by atoms with Gasteiger partial charge in [0.1, 0.15) is 5.52 Å². The van der Waals surface area contributed by atoms with Crippen molar-refractivity contribution in [2.24, 2.45) is 5.92 Å². The van der Waals surface area contributed by atoms with Crippen LogP contribution in [0.1, 0.15) is 26.7 Å². The lowest BCUT2D eigenvalue weighted by molar-refractivity contribution is -0.133. The predicted molar refractivity (Wildman–Crippen MR) is 101 cm³/mol. The van der Waals surface area contributed by atoms with Crippen molar-refractivity contribution in [2.75, 3.05) is 32.7 Å². The maximum Gasteiger partial charge on any atom is 0.277 e. The van der Waals surface area contributed by atoms with Gasteiger partial charge in [0.15, 0.2) is 0 Å². The fourth-order valence-electron chi connectivity index (χ4n) is 3.19. The Bertz CT molecular complexity index is 809. The Kier molecular flexibility index (Phi) is 5.98. The Labute approximate surface area is 153 Å². The quantitative estimate of drug-likeness (QED) is 0.781. The van der Waals surface area contributed by atoms with E-state index in [1.54, 1.807) is 18.2 Å². The summed E-state index contributed by atoms with van der Waals surface area (Å²) in [5.74, 6) is 0.784. The van der Waals surface area contributed by atoms with Crippen LogP contribution in [-0.2, 0) is 11.3 Å². The van der Waals surface area contributed by atoms with Gasteiger partial charge < -0.3 is 4.90 Å². The van der Waals surface area contributed by atoms with Crippen LogP contribution in [0.5, 0.6) is 0 Å². The molecule has 1 aliphatic rings. The van der Waals surface area contributed by atoms with Gasteiger partial charge in [-0.3, -0.25) is 14.5 Å². The minimum absolute atomic E-state index is 0.0790. The molecule has 1 fully saturated rings. The second-order valence-corrected chi connectivity index (χ2v) is 7.29. The highest BCUT2D eigenvalue weighted by Crippen LogP contribution is 2.08. The second-order valence-electron chi connectivity index (χ2n) is 7.29. The molecule has 0 spiro atoms. The zero-order chi connectivity index (χ0) is 18.5. The molecular formula is C19H27N5O2. The summed E-state index contributed by atoms with van der Waals surface area (Å²) < 4.78 is 1.29. The molecule has 1 aliphatic heterocycles. The lowest BCUT2D eigenvalue weighted by Gasteiger charge is -2.35. The number of benzene rings is 1. The second kappa shape index (κ2) is 8.40. The summed E-state index contributed by atoms with van der Waals surface area (Å²) in [6.45, 7) is 9.20. The fraction of sp³-hybridized carbons (Fsp3) is 0.579. The molecule has 1 saturated heterocycles. The van der Waals surface area contributed by atoms with Gasteiger partial charge in [-0.05, 0) is 31.0 Å². The van der Waals surface area contributed by atoms with E-state index in [1.807, 2.05) is 11.0 Å². The Balaban J connectivity index is 1.52. The summed E-state index contributed by atoms with van der Waals surface area (Å²) in [6.07, 6.45) is 1.47. The summed E-state index contributed by atoms with van der Waals surface area (Å²) >= 11 is 0. The van der Waals surface area contributed by atoms with Gasteiger partial charge in [-0.1, -0.05) is 31.2 Å². The zero-order valence-corrected chi connectivity index (χ0v) is 15.6. The van der Waals surface area contributed by atoms with Gasteiger partial charge in [0.25, 0.3) is 5.56 Å². The SMILES string of the molecule is CC(C)CCN1CCN(C(=O)CCn2nnc3ccccc3c2=O)CC1. The Morgan fingerprint density at radius 2 is 1.85 bits per heavy atom. The molecule has 7 heteroatoms. The number of rotatable bonds is 6. The van der Waals surface area contributed by atoms with Crippen molar-refractivity contribution in [2.45, 2.75) is 33.2 Å². The van der Waals surface area contributed by atoms with E-state index < -0.39 is 0 Å². The van der Waals surface area contributed by atoms with E-state index in [4.69, 9.17) is 0 Å². The molecule has 0 N–H and O–H groups in total. The molecular weight excluding hydrogens is 330 g/mol. The maximum atomic E-state index is 12.5. The van der Waals surface area contributed by atoms with Gasteiger partial charge in [0.2, 0.25) is 5.91 Å². The molecule has 0 radical (unpaired) electrons. The first-order valence-corrected chi connectivity index (χ1v) is 9.37. The summed E-state index contributed by atoms with van der Waals surface area (Å²) in [7, 11) is 0. The molecule has 1 amide bonds. The highest BCUT2D eigenvalue weighted by molar-refractivity contribution is 5.77. The third-order valence-corrected chi connectivity index (χ3v) is 4.91. The van der Waals surface area contributed by atoms with E-state index in [9.17, 15) is 9.59 Å². The molecule has 1 aromatic heterocycles. The van der Waals surface area contributed by atoms with Crippen LogP contribution in [0, 0.1) is 5.92 Å². The molecule has 7 nitrogen and oxygen atoms in total. The van der Waals surface area contributed by atoms with Gasteiger partial charge in [-0.2, -0.15) is 0 Å². The molecule has 0 atom stereocenters. The Hall–Kier alpha value is -2.28. The monoisotopic (exact) mass is 357 g/mol. The van der Waals surface area contributed by atoms with E-state index >= 15 is 0 Å². The minimum atomic E-state index is -0.193. The minimum Gasteiger partial charge on any atom is -0.340 e. The largest absolute Gasteiger partial charge is 0.340 e. The molecule has 0 bridgehead atoms. The van der Waals surface area contributed by atoms with Crippen LogP contribution in [0.2, 0.25) is 0 Å². The third-order valence-electron chi connectivity index (χ3n) is 4.91. The fourth-order valence-corrected chi connectivity index (χ4v) is 3.19. The van der Waals surface area contributed by atoms with Crippen LogP contribution in [0.25, 0.3) is 10.9 Å². The van der Waals surface area contributed by atoms with Gasteiger partial charge in [0, 0.05) is 32.6 Å². The van der Waals surface area contributed by atoms with Crippen molar-refractivity contribution < 1.29 is 4.79 Å². The first kappa shape index (κ1) is 18.5. The van der Waals surface area contributed by atoms with Crippen LogP contribution >= 0.6 is 0 Å². The predicted octanol–water partition coefficient (Wildman–Crippen LogP) is 1.37. The number of piperazine rings is 1. The number of carbonyl (C=O) groups excluding carboxylic acids is 1. The number of aromatic nitrogens is 3. The van der Waals surface area contributed by atoms with Crippen molar-refractivity contribution in [1.29, 1.82) is 0 Å². The van der Waals surface area contributed by atoms with E-state index in [0.717, 1.165) is 32.7 Å². The van der Waals surface area contributed by atoms with Crippen molar-refractivity contribution >= 4 is 16.8 Å². The van der Waals surface area contributed by atoms with Crippen LogP contribution in [0.4, 0.5) is 0 Å². The van der Waals surface area contributed by atoms with Gasteiger partial charge in [0.05, 0.1) is 11.9 Å². The average Bonchev–Trinajstić information content (AvgIpc) is 2.66. The lowest BCUT2D eigenvalue weighted by Crippen LogP contribution is -2.49. The number of nitrogens with zero attached hydrogens (tertiary/aromatic N) is 5. The molecule has 3 rings (SSSR count). The number of hydrogen-bond donors (Lipinski definition) is 0. The molecule has 0 unspecified atom stereocenters. The van der Waals surface area contributed by atoms with Gasteiger partial charge in [-0.15, -0.1) is 5.10 Å². The highest BCUT2D eigenvalue weighted by Gasteiger charge is 2.21. The number of carbonyl (C=O) groups is 1. The summed E-state index contributed by atoms with van der Waals surface area (Å²) in [5, 5.41) is 8.55. The molecule has 26 heavy (non-hydrogen) atoms. The average molecular weight is 357 g/mol. The van der Waals surface area contributed by atoms with Gasteiger partial charge >= 0.3 is 0 Å². The topological polar surface area (TPSA) is 71.3 Å². The van der Waals surface area contributed by atoms with Crippen molar-refractivity contribution in [3.05, 3.63) is 34.6 Å². The smallest absolute Gasteiger partial charge is 0.277 e. The molecule has 140 valence electrons. The molecule has 0 saturated carbocycles. The Morgan fingerprint density at radius 3 is 2.58 bits per heavy atom. The van der Waals surface area contributed by atoms with E-state index in [2.05, 4.69) is 29.1 Å². The van der Waals surface area contributed by atoms with E-state index in [0.29, 0.717) is 16.8 Å². The van der Waals surface area contributed by atoms with E-state index in [-0.39, 0.29) is 24.4 Å². The van der Waals surface area contributed by atoms with Crippen LogP contribution in [-0.4, -0.2) is 63.4 Å². The zero-order valence-electron chi connectivity index (χ0n) is 15.6. The number of aryl methyl sites for hydroxylation is 1. The first-order chi connectivity index (χ1) is 12.5. The molecule has 2 heterocycles. The van der Waals surface area contributed by atoms with Crippen LogP contribution in [0.3, 0.4) is 0 Å². The van der Waals surface area contributed by atoms with E-state index in [1.165, 1.54) is 11.1 Å². The standard InChI is InChI=1S/C19H27N5O2/c1-15(2)7-9-22-11-13-23(14-12-22)18(25)8-10-24-19(26)16-5-3-4-6-17(16)20-21-24/h3-6,15H,7-14H2,1-2H3.